The zero-order chi connectivity index (χ0) is 60.5. The first-order chi connectivity index (χ1) is 40.5. The maximum atomic E-state index is 12.9. The van der Waals surface area contributed by atoms with Crippen LogP contribution in [-0.4, -0.2) is 74.9 Å². The van der Waals surface area contributed by atoms with Crippen LogP contribution in [0.15, 0.2) is 0 Å². The SMILES string of the molecule is CCCCCCCCCCCCCCCCCCCCCCCCCCCCCCCCCCCC(=O)OC(COC(=O)CCCCCCCCCCCCCCCCCCCCCCCCCCCC)COP(=O)(O)OCC[N+](C)(C)C. The Bertz CT molecular complexity index is 1360. The summed E-state index contributed by atoms with van der Waals surface area (Å²) in [6.45, 7) is 4.54. The third kappa shape index (κ3) is 70.0. The number of rotatable bonds is 71. The molecular formula is C73H147NO8P+. The number of esters is 2. The van der Waals surface area contributed by atoms with E-state index in [-0.39, 0.29) is 25.6 Å². The predicted molar refractivity (Wildman–Crippen MR) is 358 cm³/mol. The van der Waals surface area contributed by atoms with Gasteiger partial charge in [-0.05, 0) is 12.8 Å². The maximum Gasteiger partial charge on any atom is 0.472 e. The van der Waals surface area contributed by atoms with Crippen molar-refractivity contribution in [1.82, 2.24) is 0 Å². The van der Waals surface area contributed by atoms with Gasteiger partial charge in [0, 0.05) is 12.8 Å². The van der Waals surface area contributed by atoms with Crippen LogP contribution < -0.4 is 0 Å². The van der Waals surface area contributed by atoms with Crippen molar-refractivity contribution in [3.8, 4) is 0 Å². The van der Waals surface area contributed by atoms with Gasteiger partial charge in [0.05, 0.1) is 27.7 Å². The van der Waals surface area contributed by atoms with E-state index in [1.807, 2.05) is 21.1 Å². The first kappa shape index (κ1) is 82.0. The zero-order valence-corrected chi connectivity index (χ0v) is 57.6. The number of likely N-dealkylation sites (N-methyl/N-ethyl adjacent to an activating group) is 1. The second kappa shape index (κ2) is 65.5. The Morgan fingerprint density at radius 3 is 0.771 bits per heavy atom. The van der Waals surface area contributed by atoms with E-state index in [9.17, 15) is 19.0 Å². The molecule has 1 N–H and O–H groups in total. The average Bonchev–Trinajstić information content (AvgIpc) is 3.48. The second-order valence-corrected chi connectivity index (χ2v) is 28.5. The monoisotopic (exact) mass is 1200 g/mol. The molecule has 0 aromatic heterocycles. The van der Waals surface area contributed by atoms with Crippen LogP contribution in [0.2, 0.25) is 0 Å². The molecule has 0 heterocycles. The number of unbranched alkanes of at least 4 members (excludes halogenated alkanes) is 57. The largest absolute Gasteiger partial charge is 0.472 e. The number of phosphoric acid groups is 1. The Labute approximate surface area is 518 Å². The van der Waals surface area contributed by atoms with Gasteiger partial charge in [-0.1, -0.05) is 380 Å². The quantitative estimate of drug-likeness (QED) is 0.0278. The molecule has 0 saturated heterocycles. The fourth-order valence-electron chi connectivity index (χ4n) is 11.7. The van der Waals surface area contributed by atoms with Crippen LogP contribution in [0.3, 0.4) is 0 Å². The van der Waals surface area contributed by atoms with Crippen molar-refractivity contribution in [2.75, 3.05) is 47.5 Å². The van der Waals surface area contributed by atoms with Crippen molar-refractivity contribution in [2.45, 2.75) is 412 Å². The molecule has 9 nitrogen and oxygen atoms in total. The maximum absolute atomic E-state index is 12.9. The van der Waals surface area contributed by atoms with E-state index in [0.717, 1.165) is 38.5 Å². The van der Waals surface area contributed by atoms with E-state index in [1.54, 1.807) is 0 Å². The van der Waals surface area contributed by atoms with E-state index in [4.69, 9.17) is 18.5 Å². The van der Waals surface area contributed by atoms with Crippen LogP contribution in [0.25, 0.3) is 0 Å². The fourth-order valence-corrected chi connectivity index (χ4v) is 12.4. The van der Waals surface area contributed by atoms with E-state index in [1.165, 1.54) is 340 Å². The summed E-state index contributed by atoms with van der Waals surface area (Å²) in [5, 5.41) is 0. The van der Waals surface area contributed by atoms with E-state index < -0.39 is 26.5 Å². The minimum atomic E-state index is -4.39. The molecule has 0 saturated carbocycles. The Balaban J connectivity index is 3.93. The second-order valence-electron chi connectivity index (χ2n) is 27.1. The summed E-state index contributed by atoms with van der Waals surface area (Å²) in [5.74, 6) is -0.766. The van der Waals surface area contributed by atoms with E-state index in [2.05, 4.69) is 13.8 Å². The number of nitrogens with zero attached hydrogens (tertiary/aromatic N) is 1. The van der Waals surface area contributed by atoms with Gasteiger partial charge in [-0.2, -0.15) is 0 Å². The Morgan fingerprint density at radius 2 is 0.542 bits per heavy atom. The molecule has 0 aromatic rings. The third-order valence-electron chi connectivity index (χ3n) is 17.4. The van der Waals surface area contributed by atoms with Crippen molar-refractivity contribution >= 4 is 19.8 Å². The average molecular weight is 1200 g/mol. The van der Waals surface area contributed by atoms with Crippen molar-refractivity contribution < 1.29 is 42.1 Å². The Morgan fingerprint density at radius 1 is 0.325 bits per heavy atom. The van der Waals surface area contributed by atoms with Gasteiger partial charge in [0.1, 0.15) is 19.8 Å². The summed E-state index contributed by atoms with van der Waals surface area (Å²) < 4.78 is 34.8. The van der Waals surface area contributed by atoms with Gasteiger partial charge in [-0.3, -0.25) is 18.6 Å². The number of quaternary nitrogens is 1. The summed E-state index contributed by atoms with van der Waals surface area (Å²) >= 11 is 0. The molecule has 83 heavy (non-hydrogen) atoms. The molecular weight excluding hydrogens is 1050 g/mol. The van der Waals surface area contributed by atoms with Gasteiger partial charge in [0.2, 0.25) is 0 Å². The topological polar surface area (TPSA) is 108 Å². The van der Waals surface area contributed by atoms with Gasteiger partial charge < -0.3 is 18.9 Å². The molecule has 0 aromatic carbocycles. The number of phosphoric ester groups is 1. The lowest BCUT2D eigenvalue weighted by molar-refractivity contribution is -0.870. The lowest BCUT2D eigenvalue weighted by Crippen LogP contribution is -2.37. The van der Waals surface area contributed by atoms with Crippen molar-refractivity contribution in [1.29, 1.82) is 0 Å². The highest BCUT2D eigenvalue weighted by molar-refractivity contribution is 7.47. The Hall–Kier alpha value is -0.990. The minimum absolute atomic E-state index is 0.0378. The van der Waals surface area contributed by atoms with Crippen molar-refractivity contribution in [3.05, 3.63) is 0 Å². The Kier molecular flexibility index (Phi) is 64.7. The number of carbonyl (C=O) groups excluding carboxylic acids is 2. The lowest BCUT2D eigenvalue weighted by atomic mass is 10.0. The van der Waals surface area contributed by atoms with E-state index >= 15 is 0 Å². The number of carbonyl (C=O) groups is 2. The van der Waals surface area contributed by atoms with Crippen LogP contribution >= 0.6 is 7.82 Å². The first-order valence-electron chi connectivity index (χ1n) is 37.3. The molecule has 0 aliphatic heterocycles. The molecule has 496 valence electrons. The van der Waals surface area contributed by atoms with Crippen LogP contribution in [-0.2, 0) is 32.7 Å². The highest BCUT2D eigenvalue weighted by atomic mass is 31.2. The summed E-state index contributed by atoms with van der Waals surface area (Å²) in [4.78, 5) is 35.9. The predicted octanol–water partition coefficient (Wildman–Crippen LogP) is 24.1. The van der Waals surface area contributed by atoms with E-state index in [0.29, 0.717) is 17.4 Å². The van der Waals surface area contributed by atoms with Gasteiger partial charge in [-0.25, -0.2) is 4.57 Å². The minimum Gasteiger partial charge on any atom is -0.462 e. The first-order valence-corrected chi connectivity index (χ1v) is 38.8. The molecule has 0 rings (SSSR count). The van der Waals surface area contributed by atoms with Gasteiger partial charge in [0.15, 0.2) is 6.10 Å². The third-order valence-corrected chi connectivity index (χ3v) is 18.4. The highest BCUT2D eigenvalue weighted by Crippen LogP contribution is 2.43. The van der Waals surface area contributed by atoms with Crippen LogP contribution in [0.4, 0.5) is 0 Å². The molecule has 0 fully saturated rings. The molecule has 0 bridgehead atoms. The van der Waals surface area contributed by atoms with Crippen LogP contribution in [0, 0.1) is 0 Å². The zero-order valence-electron chi connectivity index (χ0n) is 56.7. The van der Waals surface area contributed by atoms with Gasteiger partial charge in [0.25, 0.3) is 0 Å². The molecule has 0 aliphatic rings. The number of ether oxygens (including phenoxy) is 2. The van der Waals surface area contributed by atoms with Gasteiger partial charge >= 0.3 is 19.8 Å². The number of hydrogen-bond donors (Lipinski definition) is 1. The highest BCUT2D eigenvalue weighted by Gasteiger charge is 2.27. The summed E-state index contributed by atoms with van der Waals surface area (Å²) in [7, 11) is 1.51. The molecule has 10 heteroatoms. The fraction of sp³-hybridized carbons (Fsp3) is 0.973. The summed E-state index contributed by atoms with van der Waals surface area (Å²) in [6, 6.07) is 0. The van der Waals surface area contributed by atoms with Gasteiger partial charge in [-0.15, -0.1) is 0 Å². The molecule has 0 spiro atoms. The summed E-state index contributed by atoms with van der Waals surface area (Å²) in [6.07, 6.45) is 79.5. The molecule has 2 unspecified atom stereocenters. The van der Waals surface area contributed by atoms with Crippen molar-refractivity contribution in [2.24, 2.45) is 0 Å². The molecule has 0 amide bonds. The molecule has 0 aliphatic carbocycles. The lowest BCUT2D eigenvalue weighted by Gasteiger charge is -2.24. The normalized spacial score (nSPS) is 13.0. The summed E-state index contributed by atoms with van der Waals surface area (Å²) in [5.41, 5.74) is 0. The smallest absolute Gasteiger partial charge is 0.462 e. The van der Waals surface area contributed by atoms with Crippen LogP contribution in [0.1, 0.15) is 406 Å². The standard InChI is InChI=1S/C73H146NO8P/c1-6-8-10-12-14-16-18-20-22-24-26-28-30-32-34-35-36-37-38-39-40-42-44-46-48-50-52-54-56-58-60-62-64-66-73(76)82-71(70-81-83(77,78)80-68-67-74(3,4)5)69-79-72(75)65-63-61-59-57-55-53-51-49-47-45-43-41-33-31-29-27-25-23-21-19-17-15-13-11-9-7-2/h71H,6-70H2,1-5H3/p+1. The molecule has 0 radical (unpaired) electrons. The van der Waals surface area contributed by atoms with Crippen molar-refractivity contribution in [3.63, 3.8) is 0 Å². The van der Waals surface area contributed by atoms with Crippen LogP contribution in [0.5, 0.6) is 0 Å². The number of hydrogen-bond acceptors (Lipinski definition) is 7. The molecule has 2 atom stereocenters.